The van der Waals surface area contributed by atoms with E-state index in [1.165, 1.54) is 5.69 Å². The molecule has 6 heteroatoms. The molecule has 27 heavy (non-hydrogen) atoms. The number of hydrogen-bond acceptors (Lipinski definition) is 4. The normalized spacial score (nSPS) is 12.1. The molecule has 3 aromatic rings. The monoisotopic (exact) mass is 400 g/mol. The molecule has 2 heterocycles. The Labute approximate surface area is 169 Å². The third-order valence-corrected chi connectivity index (χ3v) is 5.67. The van der Waals surface area contributed by atoms with Crippen LogP contribution in [0.25, 0.3) is 11.3 Å². The van der Waals surface area contributed by atoms with Crippen molar-refractivity contribution < 1.29 is 0 Å². The highest BCUT2D eigenvalue weighted by molar-refractivity contribution is 7.07. The highest BCUT2D eigenvalue weighted by Gasteiger charge is 2.09. The number of pyridine rings is 1. The highest BCUT2D eigenvalue weighted by Crippen LogP contribution is 2.23. The Morgan fingerprint density at radius 1 is 1.15 bits per heavy atom. The molecule has 142 valence electrons. The van der Waals surface area contributed by atoms with Gasteiger partial charge in [-0.1, -0.05) is 37.6 Å². The predicted octanol–water partition coefficient (Wildman–Crippen LogP) is 5.23. The maximum absolute atomic E-state index is 6.07. The van der Waals surface area contributed by atoms with Crippen LogP contribution in [0.15, 0.2) is 59.2 Å². The second kappa shape index (κ2) is 9.83. The van der Waals surface area contributed by atoms with Crippen LogP contribution in [0.2, 0.25) is 5.02 Å². The predicted molar refractivity (Wildman–Crippen MR) is 115 cm³/mol. The van der Waals surface area contributed by atoms with Gasteiger partial charge in [-0.05, 0) is 55.9 Å². The zero-order valence-electron chi connectivity index (χ0n) is 15.8. The number of hydrogen-bond donors (Lipinski definition) is 0. The van der Waals surface area contributed by atoms with E-state index < -0.39 is 0 Å². The zero-order chi connectivity index (χ0) is 19.1. The highest BCUT2D eigenvalue weighted by atomic mass is 35.5. The molecule has 0 saturated heterocycles. The lowest BCUT2D eigenvalue weighted by atomic mass is 10.2. The van der Waals surface area contributed by atoms with Crippen molar-refractivity contribution in [3.63, 3.8) is 0 Å². The van der Waals surface area contributed by atoms with Crippen molar-refractivity contribution in [1.82, 2.24) is 14.5 Å². The van der Waals surface area contributed by atoms with Gasteiger partial charge in [-0.15, -0.1) is 11.3 Å². The van der Waals surface area contributed by atoms with Gasteiger partial charge in [-0.3, -0.25) is 4.98 Å². The quantitative estimate of drug-likeness (QED) is 0.518. The second-order valence-electron chi connectivity index (χ2n) is 6.27. The Bertz CT molecular complexity index is 896. The molecular weight excluding hydrogens is 376 g/mol. The van der Waals surface area contributed by atoms with E-state index in [9.17, 15) is 0 Å². The largest absolute Gasteiger partial charge is 0.316 e. The number of nitrogens with zero attached hydrogens (tertiary/aromatic N) is 4. The Kier molecular flexibility index (Phi) is 7.21. The average Bonchev–Trinajstić information content (AvgIpc) is 3.09. The molecule has 0 aliphatic rings. The van der Waals surface area contributed by atoms with Gasteiger partial charge >= 0.3 is 0 Å². The maximum Gasteiger partial charge on any atom is 0.190 e. The number of aromatic nitrogens is 2. The number of thiazole rings is 1. The third-order valence-electron chi connectivity index (χ3n) is 4.56. The summed E-state index contributed by atoms with van der Waals surface area (Å²) in [5.41, 5.74) is 3.21. The van der Waals surface area contributed by atoms with Crippen LogP contribution in [0.1, 0.15) is 20.3 Å². The third kappa shape index (κ3) is 5.28. The van der Waals surface area contributed by atoms with Gasteiger partial charge in [0.25, 0.3) is 0 Å². The van der Waals surface area contributed by atoms with Crippen molar-refractivity contribution in [2.75, 3.05) is 19.6 Å². The molecule has 0 fully saturated rings. The summed E-state index contributed by atoms with van der Waals surface area (Å²) in [5, 5.41) is 2.93. The van der Waals surface area contributed by atoms with E-state index >= 15 is 0 Å². The van der Waals surface area contributed by atoms with Crippen LogP contribution in [0.5, 0.6) is 0 Å². The summed E-state index contributed by atoms with van der Waals surface area (Å²) in [6.45, 7) is 8.61. The topological polar surface area (TPSA) is 33.4 Å². The van der Waals surface area contributed by atoms with Crippen molar-refractivity contribution >= 4 is 28.6 Å². The first-order chi connectivity index (χ1) is 13.2. The van der Waals surface area contributed by atoms with E-state index in [0.29, 0.717) is 0 Å². The molecule has 4 nitrogen and oxygen atoms in total. The summed E-state index contributed by atoms with van der Waals surface area (Å²) in [6.07, 6.45) is 4.64. The van der Waals surface area contributed by atoms with E-state index in [1.807, 2.05) is 24.3 Å². The van der Waals surface area contributed by atoms with Crippen molar-refractivity contribution in [1.29, 1.82) is 0 Å². The van der Waals surface area contributed by atoms with E-state index in [1.54, 1.807) is 23.7 Å². The van der Waals surface area contributed by atoms with Gasteiger partial charge in [0.2, 0.25) is 0 Å². The van der Waals surface area contributed by atoms with E-state index in [-0.39, 0.29) is 0 Å². The summed E-state index contributed by atoms with van der Waals surface area (Å²) in [7, 11) is 0. The fourth-order valence-electron chi connectivity index (χ4n) is 3.01. The fourth-order valence-corrected chi connectivity index (χ4v) is 4.09. The molecule has 2 aromatic heterocycles. The standard InChI is InChI=1S/C21H25ClN4S/c1-3-25(4-2)13-6-14-26-20(17-8-10-18(22)11-9-17)16-27-21(26)24-19-7-5-12-23-15-19/h5,7-12,15-16H,3-4,6,13-14H2,1-2H3. The minimum atomic E-state index is 0.752. The SMILES string of the molecule is CCN(CC)CCCn1c(-c2ccc(Cl)cc2)csc1=Nc1cccnc1. The molecule has 0 aliphatic heterocycles. The molecule has 0 saturated carbocycles. The average molecular weight is 401 g/mol. The van der Waals surface area contributed by atoms with Gasteiger partial charge in [0.05, 0.1) is 17.6 Å². The van der Waals surface area contributed by atoms with Crippen molar-refractivity contribution in [2.45, 2.75) is 26.8 Å². The Balaban J connectivity index is 1.94. The lowest BCUT2D eigenvalue weighted by Gasteiger charge is -2.18. The zero-order valence-corrected chi connectivity index (χ0v) is 17.4. The number of rotatable bonds is 8. The first-order valence-electron chi connectivity index (χ1n) is 9.32. The minimum absolute atomic E-state index is 0.752. The number of benzene rings is 1. The summed E-state index contributed by atoms with van der Waals surface area (Å²) >= 11 is 7.73. The van der Waals surface area contributed by atoms with Gasteiger partial charge in [0.1, 0.15) is 0 Å². The van der Waals surface area contributed by atoms with E-state index in [2.05, 4.69) is 45.8 Å². The van der Waals surface area contributed by atoms with Crippen molar-refractivity contribution in [3.8, 4) is 11.3 Å². The molecule has 1 aromatic carbocycles. The Morgan fingerprint density at radius 3 is 2.59 bits per heavy atom. The molecule has 0 spiro atoms. The Morgan fingerprint density at radius 2 is 1.93 bits per heavy atom. The van der Waals surface area contributed by atoms with Crippen LogP contribution >= 0.6 is 22.9 Å². The Hall–Kier alpha value is -1.95. The molecule has 0 unspecified atom stereocenters. The van der Waals surface area contributed by atoms with Crippen LogP contribution in [0.4, 0.5) is 5.69 Å². The molecule has 0 radical (unpaired) electrons. The van der Waals surface area contributed by atoms with Gasteiger partial charge in [-0.25, -0.2) is 4.99 Å². The van der Waals surface area contributed by atoms with Crippen LogP contribution in [-0.4, -0.2) is 34.1 Å². The molecule has 0 amide bonds. The molecule has 3 rings (SSSR count). The maximum atomic E-state index is 6.07. The number of halogens is 1. The van der Waals surface area contributed by atoms with Crippen LogP contribution in [0.3, 0.4) is 0 Å². The van der Waals surface area contributed by atoms with Gasteiger partial charge in [0, 0.05) is 23.1 Å². The summed E-state index contributed by atoms with van der Waals surface area (Å²) < 4.78 is 2.31. The molecule has 0 bridgehead atoms. The molecular formula is C21H25ClN4S. The van der Waals surface area contributed by atoms with Gasteiger partial charge < -0.3 is 9.47 Å². The second-order valence-corrected chi connectivity index (χ2v) is 7.54. The smallest absolute Gasteiger partial charge is 0.190 e. The molecule has 0 N–H and O–H groups in total. The van der Waals surface area contributed by atoms with Crippen molar-refractivity contribution in [3.05, 3.63) is 64.0 Å². The lowest BCUT2D eigenvalue weighted by Crippen LogP contribution is -2.26. The first kappa shape index (κ1) is 19.8. The van der Waals surface area contributed by atoms with Crippen LogP contribution in [0, 0.1) is 0 Å². The minimum Gasteiger partial charge on any atom is -0.316 e. The molecule has 0 aliphatic carbocycles. The van der Waals surface area contributed by atoms with E-state index in [0.717, 1.165) is 53.7 Å². The van der Waals surface area contributed by atoms with Crippen LogP contribution in [-0.2, 0) is 6.54 Å². The summed E-state index contributed by atoms with van der Waals surface area (Å²) in [4.78, 5) is 12.4. The van der Waals surface area contributed by atoms with Crippen molar-refractivity contribution in [2.24, 2.45) is 4.99 Å². The lowest BCUT2D eigenvalue weighted by molar-refractivity contribution is 0.293. The van der Waals surface area contributed by atoms with Gasteiger partial charge in [-0.2, -0.15) is 0 Å². The summed E-state index contributed by atoms with van der Waals surface area (Å²) in [5.74, 6) is 0. The summed E-state index contributed by atoms with van der Waals surface area (Å²) in [6, 6.07) is 11.9. The first-order valence-corrected chi connectivity index (χ1v) is 10.6. The van der Waals surface area contributed by atoms with Gasteiger partial charge in [0.15, 0.2) is 4.80 Å². The molecule has 0 atom stereocenters. The van der Waals surface area contributed by atoms with Crippen LogP contribution < -0.4 is 4.80 Å². The van der Waals surface area contributed by atoms with E-state index in [4.69, 9.17) is 16.6 Å². The fraction of sp³-hybridized carbons (Fsp3) is 0.333.